The predicted octanol–water partition coefficient (Wildman–Crippen LogP) is 1.42. The Balaban J connectivity index is 1.98. The molecule has 0 spiro atoms. The van der Waals surface area contributed by atoms with Crippen LogP contribution in [0.4, 0.5) is 0 Å². The van der Waals surface area contributed by atoms with Gasteiger partial charge in [-0.3, -0.25) is 4.79 Å². The minimum atomic E-state index is -0.775. The van der Waals surface area contributed by atoms with E-state index in [1.807, 2.05) is 0 Å². The van der Waals surface area contributed by atoms with E-state index in [9.17, 15) is 4.79 Å². The molecule has 0 unspecified atom stereocenters. The third-order valence-corrected chi connectivity index (χ3v) is 1.97. The van der Waals surface area contributed by atoms with Crippen LogP contribution < -0.4 is 0 Å². The van der Waals surface area contributed by atoms with E-state index >= 15 is 0 Å². The van der Waals surface area contributed by atoms with Crippen molar-refractivity contribution in [3.05, 3.63) is 0 Å². The molecule has 0 radical (unpaired) electrons. The fraction of sp³-hybridized carbons (Fsp3) is 0.875. The van der Waals surface area contributed by atoms with Crippen LogP contribution in [-0.2, 0) is 9.53 Å². The normalized spacial score (nSPS) is 18.9. The molecule has 1 N–H and O–H groups in total. The zero-order valence-corrected chi connectivity index (χ0v) is 6.58. The lowest BCUT2D eigenvalue weighted by Gasteiger charge is -2.08. The summed E-state index contributed by atoms with van der Waals surface area (Å²) in [5.74, 6) is -0.775. The summed E-state index contributed by atoms with van der Waals surface area (Å²) in [6.07, 6.45) is 5.17. The van der Waals surface area contributed by atoms with Crippen molar-refractivity contribution in [2.24, 2.45) is 0 Å². The van der Waals surface area contributed by atoms with Crippen LogP contribution >= 0.6 is 0 Å². The van der Waals surface area contributed by atoms with Crippen molar-refractivity contribution >= 4 is 5.97 Å². The summed E-state index contributed by atoms with van der Waals surface area (Å²) < 4.78 is 5.33. The van der Waals surface area contributed by atoms with E-state index < -0.39 is 5.97 Å². The van der Waals surface area contributed by atoms with Crippen LogP contribution in [0.15, 0.2) is 0 Å². The molecule has 1 saturated carbocycles. The van der Waals surface area contributed by atoms with E-state index in [-0.39, 0.29) is 6.42 Å². The number of ether oxygens (including phenoxy) is 1. The third-order valence-electron chi connectivity index (χ3n) is 1.97. The smallest absolute Gasteiger partial charge is 0.305 e. The van der Waals surface area contributed by atoms with Gasteiger partial charge in [0.15, 0.2) is 0 Å². The van der Waals surface area contributed by atoms with Crippen LogP contribution in [0.3, 0.4) is 0 Å². The fourth-order valence-electron chi connectivity index (χ4n) is 1.37. The first-order chi connectivity index (χ1) is 5.29. The largest absolute Gasteiger partial charge is 0.481 e. The molecule has 1 rings (SSSR count). The topological polar surface area (TPSA) is 46.5 Å². The number of carboxylic acid groups (broad SMARTS) is 1. The molecular formula is C8H14O3. The van der Waals surface area contributed by atoms with Crippen molar-refractivity contribution in [3.63, 3.8) is 0 Å². The summed E-state index contributed by atoms with van der Waals surface area (Å²) in [6.45, 7) is 0.375. The van der Waals surface area contributed by atoms with Crippen molar-refractivity contribution < 1.29 is 14.6 Å². The molecule has 0 aromatic heterocycles. The average molecular weight is 158 g/mol. The van der Waals surface area contributed by atoms with Crippen LogP contribution in [0.2, 0.25) is 0 Å². The number of rotatable bonds is 4. The standard InChI is InChI=1S/C8H14O3/c9-8(10)5-6-11-7-3-1-2-4-7/h7H,1-6H2,(H,9,10). The van der Waals surface area contributed by atoms with Gasteiger partial charge in [0.25, 0.3) is 0 Å². The Hall–Kier alpha value is -0.570. The van der Waals surface area contributed by atoms with Gasteiger partial charge in [0.05, 0.1) is 19.1 Å². The van der Waals surface area contributed by atoms with E-state index in [2.05, 4.69) is 0 Å². The zero-order chi connectivity index (χ0) is 8.10. The maximum Gasteiger partial charge on any atom is 0.305 e. The molecule has 1 aliphatic carbocycles. The molecule has 0 amide bonds. The van der Waals surface area contributed by atoms with Gasteiger partial charge in [-0.15, -0.1) is 0 Å². The van der Waals surface area contributed by atoms with Crippen LogP contribution in [-0.4, -0.2) is 23.8 Å². The summed E-state index contributed by atoms with van der Waals surface area (Å²) in [4.78, 5) is 10.1. The lowest BCUT2D eigenvalue weighted by atomic mass is 10.3. The summed E-state index contributed by atoms with van der Waals surface area (Å²) in [6, 6.07) is 0. The van der Waals surface area contributed by atoms with Gasteiger partial charge in [-0.05, 0) is 12.8 Å². The molecule has 0 bridgehead atoms. The van der Waals surface area contributed by atoms with E-state index in [0.717, 1.165) is 12.8 Å². The number of carbonyl (C=O) groups is 1. The average Bonchev–Trinajstić information content (AvgIpc) is 2.39. The van der Waals surface area contributed by atoms with Crippen molar-refractivity contribution in [3.8, 4) is 0 Å². The van der Waals surface area contributed by atoms with Gasteiger partial charge in [0, 0.05) is 0 Å². The van der Waals surface area contributed by atoms with E-state index in [0.29, 0.717) is 12.7 Å². The van der Waals surface area contributed by atoms with Gasteiger partial charge in [0.1, 0.15) is 0 Å². The quantitative estimate of drug-likeness (QED) is 0.673. The highest BCUT2D eigenvalue weighted by Gasteiger charge is 2.14. The second-order valence-corrected chi connectivity index (χ2v) is 2.92. The Morgan fingerprint density at radius 1 is 1.45 bits per heavy atom. The zero-order valence-electron chi connectivity index (χ0n) is 6.58. The molecule has 1 fully saturated rings. The van der Waals surface area contributed by atoms with Gasteiger partial charge in [-0.1, -0.05) is 12.8 Å². The van der Waals surface area contributed by atoms with E-state index in [1.54, 1.807) is 0 Å². The maximum absolute atomic E-state index is 10.1. The minimum absolute atomic E-state index is 0.135. The van der Waals surface area contributed by atoms with Crippen molar-refractivity contribution in [2.75, 3.05) is 6.61 Å². The van der Waals surface area contributed by atoms with Crippen LogP contribution in [0.25, 0.3) is 0 Å². The maximum atomic E-state index is 10.1. The summed E-state index contributed by atoms with van der Waals surface area (Å²) in [7, 11) is 0. The van der Waals surface area contributed by atoms with Crippen LogP contribution in [0.1, 0.15) is 32.1 Å². The monoisotopic (exact) mass is 158 g/mol. The summed E-state index contributed by atoms with van der Waals surface area (Å²) >= 11 is 0. The Morgan fingerprint density at radius 2 is 2.09 bits per heavy atom. The SMILES string of the molecule is O=C(O)CCOC1CCCC1. The van der Waals surface area contributed by atoms with E-state index in [1.165, 1.54) is 12.8 Å². The molecule has 11 heavy (non-hydrogen) atoms. The van der Waals surface area contributed by atoms with Crippen LogP contribution in [0, 0.1) is 0 Å². The fourth-order valence-corrected chi connectivity index (χ4v) is 1.37. The highest BCUT2D eigenvalue weighted by molar-refractivity contribution is 5.66. The number of hydrogen-bond acceptors (Lipinski definition) is 2. The van der Waals surface area contributed by atoms with Gasteiger partial charge >= 0.3 is 5.97 Å². The highest BCUT2D eigenvalue weighted by atomic mass is 16.5. The lowest BCUT2D eigenvalue weighted by molar-refractivity contribution is -0.138. The summed E-state index contributed by atoms with van der Waals surface area (Å²) in [5, 5.41) is 8.31. The first-order valence-electron chi connectivity index (χ1n) is 4.12. The first kappa shape index (κ1) is 8.53. The molecule has 0 heterocycles. The van der Waals surface area contributed by atoms with Crippen LogP contribution in [0.5, 0.6) is 0 Å². The van der Waals surface area contributed by atoms with Crippen molar-refractivity contribution in [2.45, 2.75) is 38.2 Å². The Kier molecular flexibility index (Phi) is 3.36. The first-order valence-corrected chi connectivity index (χ1v) is 4.12. The lowest BCUT2D eigenvalue weighted by Crippen LogP contribution is -2.11. The number of aliphatic carboxylic acids is 1. The van der Waals surface area contributed by atoms with Crippen molar-refractivity contribution in [1.82, 2.24) is 0 Å². The van der Waals surface area contributed by atoms with Crippen molar-refractivity contribution in [1.29, 1.82) is 0 Å². The van der Waals surface area contributed by atoms with E-state index in [4.69, 9.17) is 9.84 Å². The van der Waals surface area contributed by atoms with Gasteiger partial charge < -0.3 is 9.84 Å². The highest BCUT2D eigenvalue weighted by Crippen LogP contribution is 2.20. The molecule has 3 nitrogen and oxygen atoms in total. The molecular weight excluding hydrogens is 144 g/mol. The molecule has 3 heteroatoms. The minimum Gasteiger partial charge on any atom is -0.481 e. The summed E-state index contributed by atoms with van der Waals surface area (Å²) in [5.41, 5.74) is 0. The Morgan fingerprint density at radius 3 is 2.64 bits per heavy atom. The van der Waals surface area contributed by atoms with Gasteiger partial charge in [-0.2, -0.15) is 0 Å². The second-order valence-electron chi connectivity index (χ2n) is 2.92. The second kappa shape index (κ2) is 4.34. The molecule has 0 atom stereocenters. The molecule has 0 aliphatic heterocycles. The number of carboxylic acids is 1. The van der Waals surface area contributed by atoms with Gasteiger partial charge in [-0.25, -0.2) is 0 Å². The predicted molar refractivity (Wildman–Crippen MR) is 40.5 cm³/mol. The molecule has 0 aromatic carbocycles. The van der Waals surface area contributed by atoms with Gasteiger partial charge in [0.2, 0.25) is 0 Å². The Bertz CT molecular complexity index is 127. The third kappa shape index (κ3) is 3.37. The molecule has 0 aromatic rings. The molecule has 64 valence electrons. The molecule has 1 aliphatic rings. The molecule has 0 saturated heterocycles. The number of hydrogen-bond donors (Lipinski definition) is 1. The Labute approximate surface area is 66.4 Å².